The van der Waals surface area contributed by atoms with E-state index in [-0.39, 0.29) is 23.5 Å². The molecule has 0 bridgehead atoms. The number of thioether (sulfide) groups is 1. The summed E-state index contributed by atoms with van der Waals surface area (Å²) in [6.07, 6.45) is 5.02. The zero-order valence-electron chi connectivity index (χ0n) is 19.5. The number of hydrogen-bond donors (Lipinski definition) is 1. The highest BCUT2D eigenvalue weighted by atomic mass is 32.2. The zero-order valence-corrected chi connectivity index (χ0v) is 20.3. The summed E-state index contributed by atoms with van der Waals surface area (Å²) in [7, 11) is 0. The van der Waals surface area contributed by atoms with E-state index in [0.717, 1.165) is 68.9 Å². The van der Waals surface area contributed by atoms with Crippen molar-refractivity contribution in [3.63, 3.8) is 0 Å². The van der Waals surface area contributed by atoms with E-state index in [9.17, 15) is 9.59 Å². The molecule has 1 aromatic carbocycles. The number of carbonyl (C=O) groups excluding carboxylic acids is 2. The second kappa shape index (κ2) is 11.2. The molecule has 1 atom stereocenters. The molecule has 2 aromatic rings. The Hall–Kier alpha value is -2.39. The molecule has 0 radical (unpaired) electrons. The Kier molecular flexibility index (Phi) is 8.03. The van der Waals surface area contributed by atoms with Gasteiger partial charge in [-0.3, -0.25) is 14.2 Å². The van der Waals surface area contributed by atoms with Gasteiger partial charge in [0.25, 0.3) is 0 Å². The predicted octanol–water partition coefficient (Wildman–Crippen LogP) is 4.02. The summed E-state index contributed by atoms with van der Waals surface area (Å²) in [6, 6.07) is 7.04. The first-order valence-corrected chi connectivity index (χ1v) is 12.9. The standard InChI is InChI=1S/C24H33N5O3S/c1-3-22(31)25-19-8-6-18(7-9-19)21(30)16-33-24-27-26-23(28-12-10-17(2)11-13-28)29(24)15-20-5-4-14-32-20/h6-9,17,20H,3-5,10-16H2,1-2H3,(H,25,31). The summed E-state index contributed by atoms with van der Waals surface area (Å²) in [4.78, 5) is 26.7. The summed E-state index contributed by atoms with van der Waals surface area (Å²) in [5.74, 6) is 1.89. The summed E-state index contributed by atoms with van der Waals surface area (Å²) in [5.41, 5.74) is 1.32. The van der Waals surface area contributed by atoms with Crippen LogP contribution in [0.25, 0.3) is 0 Å². The molecule has 2 aliphatic rings. The Labute approximate surface area is 199 Å². The molecular weight excluding hydrogens is 438 g/mol. The third kappa shape index (κ3) is 6.14. The topological polar surface area (TPSA) is 89.4 Å². The Bertz CT molecular complexity index is 948. The van der Waals surface area contributed by atoms with E-state index in [1.165, 1.54) is 11.8 Å². The van der Waals surface area contributed by atoms with Crippen molar-refractivity contribution in [3.8, 4) is 0 Å². The van der Waals surface area contributed by atoms with Crippen LogP contribution in [0.15, 0.2) is 29.4 Å². The SMILES string of the molecule is CCC(=O)Nc1ccc(C(=O)CSc2nnc(N3CCC(C)CC3)n2CC2CCCO2)cc1. The number of rotatable bonds is 9. The summed E-state index contributed by atoms with van der Waals surface area (Å²) < 4.78 is 8.03. The highest BCUT2D eigenvalue weighted by Crippen LogP contribution is 2.28. The fourth-order valence-corrected chi connectivity index (χ4v) is 5.02. The average molecular weight is 472 g/mol. The van der Waals surface area contributed by atoms with Crippen LogP contribution in [0.4, 0.5) is 11.6 Å². The minimum Gasteiger partial charge on any atom is -0.376 e. The number of nitrogens with zero attached hydrogens (tertiary/aromatic N) is 4. The second-order valence-electron chi connectivity index (χ2n) is 8.89. The number of amides is 1. The molecular formula is C24H33N5O3S. The number of hydrogen-bond acceptors (Lipinski definition) is 7. The van der Waals surface area contributed by atoms with Gasteiger partial charge in [0.2, 0.25) is 11.9 Å². The number of Topliss-reactive ketones (excluding diaryl/α,β-unsaturated/α-hetero) is 1. The molecule has 8 nitrogen and oxygen atoms in total. The van der Waals surface area contributed by atoms with E-state index in [1.54, 1.807) is 31.2 Å². The van der Waals surface area contributed by atoms with E-state index in [0.29, 0.717) is 17.7 Å². The van der Waals surface area contributed by atoms with Crippen LogP contribution in [0.2, 0.25) is 0 Å². The predicted molar refractivity (Wildman–Crippen MR) is 130 cm³/mol. The number of ether oxygens (including phenoxy) is 1. The summed E-state index contributed by atoms with van der Waals surface area (Å²) in [5, 5.41) is 12.5. The molecule has 178 valence electrons. The van der Waals surface area contributed by atoms with Crippen LogP contribution in [-0.4, -0.2) is 58.0 Å². The van der Waals surface area contributed by atoms with Gasteiger partial charge in [0.15, 0.2) is 10.9 Å². The minimum atomic E-state index is -0.0471. The molecule has 1 amide bonds. The summed E-state index contributed by atoms with van der Waals surface area (Å²) in [6.45, 7) is 7.59. The van der Waals surface area contributed by atoms with Crippen molar-refractivity contribution in [1.82, 2.24) is 14.8 Å². The number of carbonyl (C=O) groups is 2. The van der Waals surface area contributed by atoms with Gasteiger partial charge in [-0.1, -0.05) is 25.6 Å². The molecule has 0 saturated carbocycles. The largest absolute Gasteiger partial charge is 0.376 e. The van der Waals surface area contributed by atoms with Crippen molar-refractivity contribution < 1.29 is 14.3 Å². The molecule has 1 N–H and O–H groups in total. The average Bonchev–Trinajstić information content (AvgIpc) is 3.49. The molecule has 33 heavy (non-hydrogen) atoms. The van der Waals surface area contributed by atoms with Crippen LogP contribution in [0.5, 0.6) is 0 Å². The number of aromatic nitrogens is 3. The van der Waals surface area contributed by atoms with E-state index >= 15 is 0 Å². The molecule has 2 fully saturated rings. The molecule has 3 heterocycles. The Morgan fingerprint density at radius 1 is 1.15 bits per heavy atom. The number of piperidine rings is 1. The maximum absolute atomic E-state index is 12.8. The van der Waals surface area contributed by atoms with Gasteiger partial charge in [-0.05, 0) is 55.9 Å². The zero-order chi connectivity index (χ0) is 23.2. The van der Waals surface area contributed by atoms with Crippen molar-refractivity contribution in [1.29, 1.82) is 0 Å². The lowest BCUT2D eigenvalue weighted by Gasteiger charge is -2.31. The Morgan fingerprint density at radius 3 is 2.58 bits per heavy atom. The highest BCUT2D eigenvalue weighted by molar-refractivity contribution is 7.99. The Balaban J connectivity index is 1.43. The third-order valence-corrected chi connectivity index (χ3v) is 7.28. The normalized spacial score (nSPS) is 19.1. The smallest absolute Gasteiger partial charge is 0.228 e. The first-order valence-electron chi connectivity index (χ1n) is 11.9. The van der Waals surface area contributed by atoms with Crippen molar-refractivity contribution in [2.45, 2.75) is 63.8 Å². The number of ketones is 1. The Morgan fingerprint density at radius 2 is 1.91 bits per heavy atom. The van der Waals surface area contributed by atoms with E-state index in [1.807, 2.05) is 0 Å². The highest BCUT2D eigenvalue weighted by Gasteiger charge is 2.26. The van der Waals surface area contributed by atoms with Crippen LogP contribution >= 0.6 is 11.8 Å². The van der Waals surface area contributed by atoms with Gasteiger partial charge in [0.1, 0.15) is 0 Å². The summed E-state index contributed by atoms with van der Waals surface area (Å²) >= 11 is 1.43. The van der Waals surface area contributed by atoms with Crippen LogP contribution in [0, 0.1) is 5.92 Å². The van der Waals surface area contributed by atoms with Crippen LogP contribution < -0.4 is 10.2 Å². The molecule has 2 saturated heterocycles. The van der Waals surface area contributed by atoms with Crippen LogP contribution in [0.1, 0.15) is 56.3 Å². The minimum absolute atomic E-state index is 0.0216. The third-order valence-electron chi connectivity index (χ3n) is 6.32. The monoisotopic (exact) mass is 471 g/mol. The first kappa shape index (κ1) is 23.8. The van der Waals surface area contributed by atoms with Gasteiger partial charge in [-0.25, -0.2) is 0 Å². The van der Waals surface area contributed by atoms with E-state index < -0.39 is 0 Å². The first-order chi connectivity index (χ1) is 16.0. The fourth-order valence-electron chi connectivity index (χ4n) is 4.18. The van der Waals surface area contributed by atoms with Crippen LogP contribution in [0.3, 0.4) is 0 Å². The molecule has 1 aromatic heterocycles. The lowest BCUT2D eigenvalue weighted by Crippen LogP contribution is -2.35. The number of nitrogens with one attached hydrogen (secondary N) is 1. The number of benzene rings is 1. The van der Waals surface area contributed by atoms with Crippen molar-refractivity contribution in [2.24, 2.45) is 5.92 Å². The molecule has 0 spiro atoms. The lowest BCUT2D eigenvalue weighted by molar-refractivity contribution is -0.115. The fraction of sp³-hybridized carbons (Fsp3) is 0.583. The van der Waals surface area contributed by atoms with E-state index in [4.69, 9.17) is 4.74 Å². The van der Waals surface area contributed by atoms with Gasteiger partial charge in [0, 0.05) is 37.4 Å². The van der Waals surface area contributed by atoms with E-state index in [2.05, 4.69) is 31.9 Å². The van der Waals surface area contributed by atoms with Crippen LogP contribution in [-0.2, 0) is 16.1 Å². The quantitative estimate of drug-likeness (QED) is 0.436. The van der Waals surface area contributed by atoms with Gasteiger partial charge in [-0.15, -0.1) is 10.2 Å². The maximum atomic E-state index is 12.8. The van der Waals surface area contributed by atoms with Crippen molar-refractivity contribution >= 4 is 35.1 Å². The number of anilines is 2. The molecule has 2 aliphatic heterocycles. The second-order valence-corrected chi connectivity index (χ2v) is 9.83. The molecule has 0 aliphatic carbocycles. The molecule has 4 rings (SSSR count). The van der Waals surface area contributed by atoms with Crippen molar-refractivity contribution in [3.05, 3.63) is 29.8 Å². The van der Waals surface area contributed by atoms with Gasteiger partial charge < -0.3 is 15.0 Å². The van der Waals surface area contributed by atoms with Gasteiger partial charge in [-0.2, -0.15) is 0 Å². The lowest BCUT2D eigenvalue weighted by atomic mass is 10.00. The van der Waals surface area contributed by atoms with Gasteiger partial charge in [0.05, 0.1) is 18.4 Å². The maximum Gasteiger partial charge on any atom is 0.228 e. The molecule has 9 heteroatoms. The van der Waals surface area contributed by atoms with Gasteiger partial charge >= 0.3 is 0 Å². The van der Waals surface area contributed by atoms with Crippen molar-refractivity contribution in [2.75, 3.05) is 35.7 Å². The molecule has 1 unspecified atom stereocenters.